The average Bonchev–Trinajstić information content (AvgIpc) is 2.79. The topological polar surface area (TPSA) is 75.3 Å². The van der Waals surface area contributed by atoms with Crippen LogP contribution in [0.25, 0.3) is 0 Å². The van der Waals surface area contributed by atoms with Crippen LogP contribution in [0, 0.1) is 0 Å². The van der Waals surface area contributed by atoms with E-state index in [1.807, 2.05) is 6.92 Å². The molecular formula is C25H25ClN2O3S. The Morgan fingerprint density at radius 1 is 0.938 bits per heavy atom. The molecule has 1 aliphatic rings. The minimum absolute atomic E-state index is 0.0488. The Balaban J connectivity index is 1.53. The molecule has 0 bridgehead atoms. The van der Waals surface area contributed by atoms with Gasteiger partial charge in [0, 0.05) is 11.3 Å². The number of carbonyl (C=O) groups excluding carboxylic acids is 1. The van der Waals surface area contributed by atoms with E-state index in [4.69, 9.17) is 11.6 Å². The summed E-state index contributed by atoms with van der Waals surface area (Å²) in [6.45, 7) is 1.92. The summed E-state index contributed by atoms with van der Waals surface area (Å²) >= 11 is 6.17. The lowest BCUT2D eigenvalue weighted by Gasteiger charge is -2.20. The number of amides is 1. The molecule has 1 aliphatic carbocycles. The van der Waals surface area contributed by atoms with Crippen molar-refractivity contribution in [3.63, 3.8) is 0 Å². The summed E-state index contributed by atoms with van der Waals surface area (Å²) in [6, 6.07) is 18.9. The molecule has 0 aliphatic heterocycles. The number of hydrogen-bond acceptors (Lipinski definition) is 3. The molecule has 1 atom stereocenters. The molecule has 1 unspecified atom stereocenters. The van der Waals surface area contributed by atoms with Gasteiger partial charge in [-0.1, -0.05) is 48.0 Å². The molecule has 32 heavy (non-hydrogen) atoms. The van der Waals surface area contributed by atoms with Crippen molar-refractivity contribution < 1.29 is 13.2 Å². The molecule has 3 aromatic rings. The number of anilines is 1. The van der Waals surface area contributed by atoms with Crippen molar-refractivity contribution in [2.24, 2.45) is 0 Å². The predicted octanol–water partition coefficient (Wildman–Crippen LogP) is 5.51. The van der Waals surface area contributed by atoms with E-state index >= 15 is 0 Å². The summed E-state index contributed by atoms with van der Waals surface area (Å²) in [5, 5.41) is 3.02. The van der Waals surface area contributed by atoms with Crippen molar-refractivity contribution in [1.29, 1.82) is 0 Å². The van der Waals surface area contributed by atoms with Gasteiger partial charge in [0.05, 0.1) is 11.1 Å². The number of rotatable bonds is 6. The second-order valence-corrected chi connectivity index (χ2v) is 10.1. The first kappa shape index (κ1) is 22.4. The number of benzene rings is 3. The highest BCUT2D eigenvalue weighted by Crippen LogP contribution is 2.27. The fourth-order valence-corrected chi connectivity index (χ4v) is 5.54. The van der Waals surface area contributed by atoms with Crippen LogP contribution in [0.15, 0.2) is 71.6 Å². The fourth-order valence-electron chi connectivity index (χ4n) is 3.95. The van der Waals surface area contributed by atoms with Gasteiger partial charge in [-0.3, -0.25) is 9.52 Å². The molecule has 3 aromatic carbocycles. The first-order chi connectivity index (χ1) is 15.3. The number of para-hydroxylation sites is 1. The van der Waals surface area contributed by atoms with Crippen LogP contribution in [0.2, 0.25) is 5.02 Å². The zero-order valence-corrected chi connectivity index (χ0v) is 19.3. The zero-order valence-electron chi connectivity index (χ0n) is 17.8. The molecule has 0 saturated carbocycles. The van der Waals surface area contributed by atoms with Crippen LogP contribution in [0.5, 0.6) is 0 Å². The smallest absolute Gasteiger partial charge is 0.263 e. The molecule has 0 spiro atoms. The van der Waals surface area contributed by atoms with Crippen molar-refractivity contribution in [3.8, 4) is 0 Å². The third kappa shape index (κ3) is 4.97. The minimum Gasteiger partial charge on any atom is -0.346 e. The monoisotopic (exact) mass is 468 g/mol. The van der Waals surface area contributed by atoms with Gasteiger partial charge in [-0.25, -0.2) is 8.42 Å². The van der Waals surface area contributed by atoms with Crippen LogP contribution in [0.1, 0.15) is 52.9 Å². The van der Waals surface area contributed by atoms with Gasteiger partial charge >= 0.3 is 0 Å². The van der Waals surface area contributed by atoms with E-state index < -0.39 is 10.0 Å². The largest absolute Gasteiger partial charge is 0.346 e. The predicted molar refractivity (Wildman–Crippen MR) is 128 cm³/mol. The standard InChI is InChI=1S/C25H25ClN2O3S/c1-17(19-12-11-18-7-5-6-8-20(18)15-19)27-25(29)21-13-14-23(26)24(16-21)32(30,31)28-22-9-3-2-4-10-22/h2-4,9-17,28H,5-8H2,1H3,(H,27,29). The van der Waals surface area contributed by atoms with Gasteiger partial charge in [-0.05, 0) is 79.6 Å². The van der Waals surface area contributed by atoms with E-state index in [2.05, 4.69) is 28.2 Å². The molecule has 0 fully saturated rings. The van der Waals surface area contributed by atoms with E-state index in [9.17, 15) is 13.2 Å². The molecule has 0 aromatic heterocycles. The van der Waals surface area contributed by atoms with Crippen LogP contribution in [0.3, 0.4) is 0 Å². The highest BCUT2D eigenvalue weighted by molar-refractivity contribution is 7.92. The molecule has 2 N–H and O–H groups in total. The highest BCUT2D eigenvalue weighted by atomic mass is 35.5. The normalized spacial score (nSPS) is 14.3. The molecule has 1 amide bonds. The molecule has 0 saturated heterocycles. The first-order valence-electron chi connectivity index (χ1n) is 10.6. The number of carbonyl (C=O) groups is 1. The van der Waals surface area contributed by atoms with Crippen molar-refractivity contribution in [1.82, 2.24) is 5.32 Å². The van der Waals surface area contributed by atoms with Crippen molar-refractivity contribution >= 4 is 33.2 Å². The Labute approximate surface area is 193 Å². The molecular weight excluding hydrogens is 444 g/mol. The lowest BCUT2D eigenvalue weighted by atomic mass is 9.89. The lowest BCUT2D eigenvalue weighted by Crippen LogP contribution is -2.27. The molecule has 7 heteroatoms. The quantitative estimate of drug-likeness (QED) is 0.500. The maximum atomic E-state index is 12.9. The number of nitrogens with one attached hydrogen (secondary N) is 2. The van der Waals surface area contributed by atoms with Crippen molar-refractivity contribution in [3.05, 3.63) is 94.0 Å². The third-order valence-corrected chi connectivity index (χ3v) is 7.59. The SMILES string of the molecule is CC(NC(=O)c1ccc(Cl)c(S(=O)(=O)Nc2ccccc2)c1)c1ccc2c(c1)CCCC2. The van der Waals surface area contributed by atoms with Crippen LogP contribution in [-0.4, -0.2) is 14.3 Å². The fraction of sp³-hybridized carbons (Fsp3) is 0.240. The van der Waals surface area contributed by atoms with E-state index in [0.29, 0.717) is 5.69 Å². The molecule has 5 nitrogen and oxygen atoms in total. The van der Waals surface area contributed by atoms with Gasteiger partial charge in [0.1, 0.15) is 4.90 Å². The summed E-state index contributed by atoms with van der Waals surface area (Å²) in [6.07, 6.45) is 4.59. The molecule has 166 valence electrons. The highest BCUT2D eigenvalue weighted by Gasteiger charge is 2.21. The van der Waals surface area contributed by atoms with E-state index in [1.54, 1.807) is 30.3 Å². The first-order valence-corrected chi connectivity index (χ1v) is 12.5. The van der Waals surface area contributed by atoms with Crippen LogP contribution in [-0.2, 0) is 22.9 Å². The van der Waals surface area contributed by atoms with Crippen LogP contribution < -0.4 is 10.0 Å². The van der Waals surface area contributed by atoms with Crippen molar-refractivity contribution in [2.75, 3.05) is 4.72 Å². The average molecular weight is 469 g/mol. The van der Waals surface area contributed by atoms with E-state index in [1.165, 1.54) is 42.2 Å². The Kier molecular flexibility index (Phi) is 6.53. The van der Waals surface area contributed by atoms with Gasteiger partial charge in [0.25, 0.3) is 15.9 Å². The second-order valence-electron chi connectivity index (χ2n) is 8.05. The van der Waals surface area contributed by atoms with Gasteiger partial charge in [-0.15, -0.1) is 0 Å². The summed E-state index contributed by atoms with van der Waals surface area (Å²) in [5.74, 6) is -0.358. The van der Waals surface area contributed by atoms with Crippen LogP contribution in [0.4, 0.5) is 5.69 Å². The Morgan fingerprint density at radius 2 is 1.66 bits per heavy atom. The zero-order chi connectivity index (χ0) is 22.7. The molecule has 0 heterocycles. The van der Waals surface area contributed by atoms with Gasteiger partial charge in [-0.2, -0.15) is 0 Å². The van der Waals surface area contributed by atoms with E-state index in [0.717, 1.165) is 18.4 Å². The number of aryl methyl sites for hydroxylation is 2. The summed E-state index contributed by atoms with van der Waals surface area (Å²) in [5.41, 5.74) is 4.41. The Hall–Kier alpha value is -2.83. The molecule has 4 rings (SSSR count). The van der Waals surface area contributed by atoms with Crippen LogP contribution >= 0.6 is 11.6 Å². The lowest BCUT2D eigenvalue weighted by molar-refractivity contribution is 0.0939. The summed E-state index contributed by atoms with van der Waals surface area (Å²) in [7, 11) is -3.95. The van der Waals surface area contributed by atoms with Gasteiger partial charge in [0.2, 0.25) is 0 Å². The minimum atomic E-state index is -3.95. The van der Waals surface area contributed by atoms with Gasteiger partial charge < -0.3 is 5.32 Å². The Bertz CT molecular complexity index is 1240. The van der Waals surface area contributed by atoms with Crippen molar-refractivity contribution in [2.45, 2.75) is 43.5 Å². The van der Waals surface area contributed by atoms with E-state index in [-0.39, 0.29) is 27.4 Å². The maximum absolute atomic E-state index is 12.9. The number of sulfonamides is 1. The summed E-state index contributed by atoms with van der Waals surface area (Å²) in [4.78, 5) is 12.8. The Morgan fingerprint density at radius 3 is 2.41 bits per heavy atom. The third-order valence-electron chi connectivity index (χ3n) is 5.73. The maximum Gasteiger partial charge on any atom is 0.263 e. The summed E-state index contributed by atoms with van der Waals surface area (Å²) < 4.78 is 28.2. The number of fused-ring (bicyclic) bond motifs is 1. The molecule has 0 radical (unpaired) electrons. The van der Waals surface area contributed by atoms with Gasteiger partial charge in [0.15, 0.2) is 0 Å². The number of halogens is 1. The number of hydrogen-bond donors (Lipinski definition) is 2. The second kappa shape index (κ2) is 9.35.